The van der Waals surface area contributed by atoms with Crippen molar-refractivity contribution in [3.63, 3.8) is 0 Å². The van der Waals surface area contributed by atoms with Crippen LogP contribution in [0.4, 0.5) is 26.7 Å². The fourth-order valence-corrected chi connectivity index (χ4v) is 3.52. The number of hydrogen-bond acceptors (Lipinski definition) is 2. The zero-order valence-corrected chi connectivity index (χ0v) is 16.8. The largest absolute Gasteiger partial charge is 0.493 e. The zero-order valence-electron chi connectivity index (χ0n) is 16.8. The van der Waals surface area contributed by atoms with Crippen molar-refractivity contribution in [2.24, 2.45) is 5.92 Å². The van der Waals surface area contributed by atoms with Crippen molar-refractivity contribution in [1.82, 2.24) is 15.2 Å². The summed E-state index contributed by atoms with van der Waals surface area (Å²) in [6.45, 7) is 1.50. The number of ether oxygens (including phenoxy) is 1. The van der Waals surface area contributed by atoms with Crippen molar-refractivity contribution in [2.75, 3.05) is 19.7 Å². The number of alkyl halides is 5. The number of aromatic amines is 1. The van der Waals surface area contributed by atoms with E-state index in [2.05, 4.69) is 10.3 Å². The number of carbonyl (C=O) groups excluding carboxylic acids is 1. The molecule has 10 heteroatoms. The van der Waals surface area contributed by atoms with E-state index in [4.69, 9.17) is 4.74 Å². The zero-order chi connectivity index (χ0) is 22.9. The summed E-state index contributed by atoms with van der Waals surface area (Å²) in [6.07, 6.45) is -6.96. The Kier molecular flexibility index (Phi) is 5.94. The van der Waals surface area contributed by atoms with Gasteiger partial charge in [0.15, 0.2) is 0 Å². The summed E-state index contributed by atoms with van der Waals surface area (Å²) in [5.41, 5.74) is 0.509. The monoisotopic (exact) mass is 453 g/mol. The van der Waals surface area contributed by atoms with Gasteiger partial charge in [-0.25, -0.2) is 13.6 Å². The average Bonchev–Trinajstić information content (AvgIpc) is 3.14. The third-order valence-corrected chi connectivity index (χ3v) is 5.30. The summed E-state index contributed by atoms with van der Waals surface area (Å²) < 4.78 is 68.8. The smallest absolute Gasteiger partial charge is 0.416 e. The van der Waals surface area contributed by atoms with E-state index < -0.39 is 18.2 Å². The van der Waals surface area contributed by atoms with E-state index in [1.807, 2.05) is 0 Å². The van der Waals surface area contributed by atoms with Gasteiger partial charge in [-0.2, -0.15) is 13.2 Å². The Balaban J connectivity index is 1.20. The lowest BCUT2D eigenvalue weighted by molar-refractivity contribution is -0.137. The molecule has 0 radical (unpaired) electrons. The van der Waals surface area contributed by atoms with Gasteiger partial charge in [0.2, 0.25) is 0 Å². The topological polar surface area (TPSA) is 57.4 Å². The fourth-order valence-electron chi connectivity index (χ4n) is 3.52. The number of amides is 2. The molecule has 4 rings (SSSR count). The minimum Gasteiger partial charge on any atom is -0.493 e. The standard InChI is InChI=1S/C22H20F5N3O2/c23-20(24)19-8-15-7-13(1-6-18(15)29-19)9-28-21(31)30-10-14(11-30)12-32-17-4-2-16(3-5-17)22(25,26)27/h1-8,14,20,29H,9-12H2,(H,28,31). The molecule has 1 aliphatic rings. The van der Waals surface area contributed by atoms with E-state index in [-0.39, 0.29) is 24.2 Å². The molecule has 1 aromatic heterocycles. The number of H-pyrrole nitrogens is 1. The van der Waals surface area contributed by atoms with E-state index in [1.165, 1.54) is 18.2 Å². The molecule has 2 N–H and O–H groups in total. The second kappa shape index (κ2) is 8.68. The SMILES string of the molecule is O=C(NCc1ccc2[nH]c(C(F)F)cc2c1)N1CC(COc2ccc(C(F)(F)F)cc2)C1. The van der Waals surface area contributed by atoms with Crippen LogP contribution in [0.5, 0.6) is 5.75 Å². The molecule has 32 heavy (non-hydrogen) atoms. The Morgan fingerprint density at radius 1 is 1.12 bits per heavy atom. The van der Waals surface area contributed by atoms with Crippen LogP contribution in [0, 0.1) is 5.92 Å². The first-order chi connectivity index (χ1) is 15.2. The van der Waals surface area contributed by atoms with Gasteiger partial charge in [-0.3, -0.25) is 0 Å². The van der Waals surface area contributed by atoms with Crippen molar-refractivity contribution < 1.29 is 31.5 Å². The third kappa shape index (κ3) is 4.95. The number of aromatic nitrogens is 1. The van der Waals surface area contributed by atoms with E-state index in [9.17, 15) is 26.7 Å². The molecule has 0 aliphatic carbocycles. The summed E-state index contributed by atoms with van der Waals surface area (Å²) in [5.74, 6) is 0.433. The van der Waals surface area contributed by atoms with Gasteiger partial charge >= 0.3 is 12.2 Å². The molecule has 1 saturated heterocycles. The molecular formula is C22H20F5N3O2. The lowest BCUT2D eigenvalue weighted by atomic mass is 10.0. The van der Waals surface area contributed by atoms with Crippen LogP contribution in [-0.2, 0) is 12.7 Å². The summed E-state index contributed by atoms with van der Waals surface area (Å²) in [6, 6.07) is 10.8. The molecule has 5 nitrogen and oxygen atoms in total. The maximum atomic E-state index is 12.8. The van der Waals surface area contributed by atoms with Crippen LogP contribution in [0.15, 0.2) is 48.5 Å². The lowest BCUT2D eigenvalue weighted by Crippen LogP contribution is -2.55. The predicted molar refractivity (Wildman–Crippen MR) is 107 cm³/mol. The molecular weight excluding hydrogens is 433 g/mol. The molecule has 0 bridgehead atoms. The van der Waals surface area contributed by atoms with Gasteiger partial charge in [0.25, 0.3) is 6.43 Å². The van der Waals surface area contributed by atoms with Crippen LogP contribution < -0.4 is 10.1 Å². The predicted octanol–water partition coefficient (Wildman–Crippen LogP) is 5.34. The first-order valence-corrected chi connectivity index (χ1v) is 9.91. The Hall–Kier alpha value is -3.30. The Morgan fingerprint density at radius 3 is 2.50 bits per heavy atom. The molecule has 170 valence electrons. The fraction of sp³-hybridized carbons (Fsp3) is 0.318. The molecule has 0 unspecified atom stereocenters. The highest BCUT2D eigenvalue weighted by molar-refractivity contribution is 5.81. The summed E-state index contributed by atoms with van der Waals surface area (Å²) in [7, 11) is 0. The molecule has 2 heterocycles. The van der Waals surface area contributed by atoms with Crippen LogP contribution in [0.1, 0.15) is 23.2 Å². The highest BCUT2D eigenvalue weighted by Crippen LogP contribution is 2.30. The number of carbonyl (C=O) groups is 1. The highest BCUT2D eigenvalue weighted by atomic mass is 19.4. The maximum Gasteiger partial charge on any atom is 0.416 e. The normalized spacial score (nSPS) is 14.6. The van der Waals surface area contributed by atoms with Crippen molar-refractivity contribution in [1.29, 1.82) is 0 Å². The maximum absolute atomic E-state index is 12.8. The van der Waals surface area contributed by atoms with Crippen LogP contribution in [-0.4, -0.2) is 35.6 Å². The number of nitrogens with one attached hydrogen (secondary N) is 2. The Morgan fingerprint density at radius 2 is 1.84 bits per heavy atom. The minimum atomic E-state index is -4.39. The molecule has 1 fully saturated rings. The van der Waals surface area contributed by atoms with Crippen molar-refractivity contribution in [3.8, 4) is 5.75 Å². The number of halogens is 5. The summed E-state index contributed by atoms with van der Waals surface area (Å²) in [4.78, 5) is 16.5. The molecule has 1 aliphatic heterocycles. The number of fused-ring (bicyclic) bond motifs is 1. The number of urea groups is 1. The number of benzene rings is 2. The van der Waals surface area contributed by atoms with E-state index in [0.29, 0.717) is 36.3 Å². The number of rotatable bonds is 6. The first-order valence-electron chi connectivity index (χ1n) is 9.91. The molecule has 0 spiro atoms. The average molecular weight is 453 g/mol. The van der Waals surface area contributed by atoms with Gasteiger partial charge in [-0.05, 0) is 48.0 Å². The van der Waals surface area contributed by atoms with Gasteiger partial charge in [0.1, 0.15) is 5.75 Å². The van der Waals surface area contributed by atoms with Gasteiger partial charge in [-0.1, -0.05) is 6.07 Å². The minimum absolute atomic E-state index is 0.0898. The van der Waals surface area contributed by atoms with Crippen molar-refractivity contribution >= 4 is 16.9 Å². The third-order valence-electron chi connectivity index (χ3n) is 5.30. The number of likely N-dealkylation sites (tertiary alicyclic amines) is 1. The quantitative estimate of drug-likeness (QED) is 0.495. The highest BCUT2D eigenvalue weighted by Gasteiger charge is 2.32. The second-order valence-electron chi connectivity index (χ2n) is 7.71. The van der Waals surface area contributed by atoms with Crippen LogP contribution in [0.2, 0.25) is 0 Å². The molecule has 2 amide bonds. The first kappa shape index (κ1) is 21.9. The Bertz CT molecular complexity index is 1090. The van der Waals surface area contributed by atoms with Crippen molar-refractivity contribution in [2.45, 2.75) is 19.1 Å². The number of hydrogen-bond donors (Lipinski definition) is 2. The van der Waals surface area contributed by atoms with E-state index in [0.717, 1.165) is 17.7 Å². The second-order valence-corrected chi connectivity index (χ2v) is 7.71. The van der Waals surface area contributed by atoms with Crippen molar-refractivity contribution in [3.05, 3.63) is 65.4 Å². The van der Waals surface area contributed by atoms with E-state index >= 15 is 0 Å². The molecule has 0 saturated carbocycles. The Labute approximate surface area is 180 Å². The van der Waals surface area contributed by atoms with Gasteiger partial charge in [-0.15, -0.1) is 0 Å². The molecule has 2 aromatic carbocycles. The summed E-state index contributed by atoms with van der Waals surface area (Å²) >= 11 is 0. The molecule has 0 atom stereocenters. The van der Waals surface area contributed by atoms with Gasteiger partial charge in [0.05, 0.1) is 17.9 Å². The number of nitrogens with zero attached hydrogens (tertiary/aromatic N) is 1. The van der Waals surface area contributed by atoms with Crippen LogP contribution in [0.3, 0.4) is 0 Å². The summed E-state index contributed by atoms with van der Waals surface area (Å²) in [5, 5.41) is 3.44. The van der Waals surface area contributed by atoms with Crippen LogP contribution in [0.25, 0.3) is 10.9 Å². The van der Waals surface area contributed by atoms with Crippen LogP contribution >= 0.6 is 0 Å². The lowest BCUT2D eigenvalue weighted by Gasteiger charge is -2.38. The van der Waals surface area contributed by atoms with Gasteiger partial charge in [0, 0.05) is 36.5 Å². The van der Waals surface area contributed by atoms with Gasteiger partial charge < -0.3 is 19.9 Å². The van der Waals surface area contributed by atoms with E-state index in [1.54, 1.807) is 23.1 Å². The molecule has 3 aromatic rings.